The van der Waals surface area contributed by atoms with Crippen molar-refractivity contribution in [3.63, 3.8) is 0 Å². The SMILES string of the molecule is Cn1cc(CC(=O)CC2CCCCC2)nn1. The molecular weight excluding hydrogens is 202 g/mol. The predicted molar refractivity (Wildman–Crippen MR) is 60.9 cm³/mol. The van der Waals surface area contributed by atoms with Crippen LogP contribution in [-0.2, 0) is 18.3 Å². The largest absolute Gasteiger partial charge is 0.299 e. The van der Waals surface area contributed by atoms with Gasteiger partial charge in [0.1, 0.15) is 5.78 Å². The minimum Gasteiger partial charge on any atom is -0.299 e. The molecule has 0 amide bonds. The summed E-state index contributed by atoms with van der Waals surface area (Å²) < 4.78 is 1.64. The van der Waals surface area contributed by atoms with Gasteiger partial charge in [-0.15, -0.1) is 5.10 Å². The van der Waals surface area contributed by atoms with Gasteiger partial charge in [0.05, 0.1) is 12.1 Å². The number of hydrogen-bond acceptors (Lipinski definition) is 3. The number of carbonyl (C=O) groups excluding carboxylic acids is 1. The molecule has 0 aromatic carbocycles. The Morgan fingerprint density at radius 1 is 1.44 bits per heavy atom. The molecule has 0 N–H and O–H groups in total. The van der Waals surface area contributed by atoms with Gasteiger partial charge >= 0.3 is 0 Å². The minimum absolute atomic E-state index is 0.312. The van der Waals surface area contributed by atoms with Crippen LogP contribution in [0.15, 0.2) is 6.20 Å². The fraction of sp³-hybridized carbons (Fsp3) is 0.750. The zero-order valence-corrected chi connectivity index (χ0v) is 9.85. The Balaban J connectivity index is 1.79. The van der Waals surface area contributed by atoms with Crippen molar-refractivity contribution in [3.8, 4) is 0 Å². The Morgan fingerprint density at radius 3 is 2.81 bits per heavy atom. The van der Waals surface area contributed by atoms with E-state index in [2.05, 4.69) is 10.3 Å². The maximum atomic E-state index is 11.8. The van der Waals surface area contributed by atoms with Gasteiger partial charge in [-0.2, -0.15) is 0 Å². The lowest BCUT2D eigenvalue weighted by atomic mass is 9.85. The van der Waals surface area contributed by atoms with Crippen molar-refractivity contribution >= 4 is 5.78 Å². The van der Waals surface area contributed by atoms with Crippen molar-refractivity contribution in [1.29, 1.82) is 0 Å². The molecule has 1 heterocycles. The van der Waals surface area contributed by atoms with Gasteiger partial charge in [0, 0.05) is 19.7 Å². The zero-order chi connectivity index (χ0) is 11.4. The average Bonchev–Trinajstić information content (AvgIpc) is 2.65. The number of Topliss-reactive ketones (excluding diaryl/α,β-unsaturated/α-hetero) is 1. The molecule has 4 nitrogen and oxygen atoms in total. The number of aromatic nitrogens is 3. The van der Waals surface area contributed by atoms with E-state index in [1.165, 1.54) is 32.1 Å². The Hall–Kier alpha value is -1.19. The molecular formula is C12H19N3O. The van der Waals surface area contributed by atoms with Crippen molar-refractivity contribution in [3.05, 3.63) is 11.9 Å². The highest BCUT2D eigenvalue weighted by atomic mass is 16.1. The molecule has 1 aromatic heterocycles. The first-order valence-electron chi connectivity index (χ1n) is 6.11. The number of ketones is 1. The molecule has 2 rings (SSSR count). The van der Waals surface area contributed by atoms with Gasteiger partial charge in [0.15, 0.2) is 0 Å². The van der Waals surface area contributed by atoms with E-state index in [0.717, 1.165) is 12.1 Å². The molecule has 1 aliphatic rings. The second kappa shape index (κ2) is 5.23. The van der Waals surface area contributed by atoms with Crippen LogP contribution in [0.3, 0.4) is 0 Å². The van der Waals surface area contributed by atoms with E-state index >= 15 is 0 Å². The summed E-state index contributed by atoms with van der Waals surface area (Å²) in [5, 5.41) is 7.77. The molecule has 16 heavy (non-hydrogen) atoms. The minimum atomic E-state index is 0.312. The molecule has 0 atom stereocenters. The van der Waals surface area contributed by atoms with Crippen LogP contribution in [0, 0.1) is 5.92 Å². The van der Waals surface area contributed by atoms with E-state index in [-0.39, 0.29) is 0 Å². The summed E-state index contributed by atoms with van der Waals surface area (Å²) in [7, 11) is 1.82. The van der Waals surface area contributed by atoms with E-state index < -0.39 is 0 Å². The Labute approximate surface area is 96.0 Å². The first-order chi connectivity index (χ1) is 7.74. The molecule has 4 heteroatoms. The van der Waals surface area contributed by atoms with Crippen LogP contribution in [0.4, 0.5) is 0 Å². The maximum absolute atomic E-state index is 11.8. The number of rotatable bonds is 4. The van der Waals surface area contributed by atoms with Crippen molar-refractivity contribution in [2.45, 2.75) is 44.9 Å². The quantitative estimate of drug-likeness (QED) is 0.780. The van der Waals surface area contributed by atoms with Gasteiger partial charge < -0.3 is 0 Å². The van der Waals surface area contributed by atoms with E-state index in [4.69, 9.17) is 0 Å². The second-order valence-electron chi connectivity index (χ2n) is 4.81. The smallest absolute Gasteiger partial charge is 0.139 e. The van der Waals surface area contributed by atoms with Gasteiger partial charge in [-0.3, -0.25) is 9.48 Å². The van der Waals surface area contributed by atoms with Gasteiger partial charge in [0.2, 0.25) is 0 Å². The third-order valence-electron chi connectivity index (χ3n) is 3.27. The van der Waals surface area contributed by atoms with E-state index in [9.17, 15) is 4.79 Å². The van der Waals surface area contributed by atoms with Gasteiger partial charge in [-0.25, -0.2) is 0 Å². The van der Waals surface area contributed by atoms with E-state index in [1.807, 2.05) is 13.2 Å². The Bertz CT molecular complexity index is 353. The highest BCUT2D eigenvalue weighted by Crippen LogP contribution is 2.26. The molecule has 1 aromatic rings. The molecule has 88 valence electrons. The summed E-state index contributed by atoms with van der Waals surface area (Å²) in [6.45, 7) is 0. The molecule has 0 radical (unpaired) electrons. The number of carbonyl (C=O) groups is 1. The highest BCUT2D eigenvalue weighted by Gasteiger charge is 2.17. The molecule has 1 saturated carbocycles. The zero-order valence-electron chi connectivity index (χ0n) is 9.85. The summed E-state index contributed by atoms with van der Waals surface area (Å²) in [6.07, 6.45) is 9.39. The summed E-state index contributed by atoms with van der Waals surface area (Å²) in [6, 6.07) is 0. The van der Waals surface area contributed by atoms with Crippen LogP contribution < -0.4 is 0 Å². The predicted octanol–water partition coefficient (Wildman–Crippen LogP) is 1.90. The Kier molecular flexibility index (Phi) is 3.70. The fourth-order valence-corrected chi connectivity index (χ4v) is 2.46. The van der Waals surface area contributed by atoms with Crippen molar-refractivity contribution < 1.29 is 4.79 Å². The lowest BCUT2D eigenvalue weighted by molar-refractivity contribution is -0.119. The summed E-state index contributed by atoms with van der Waals surface area (Å²) in [4.78, 5) is 11.8. The number of nitrogens with zero attached hydrogens (tertiary/aromatic N) is 3. The maximum Gasteiger partial charge on any atom is 0.139 e. The topological polar surface area (TPSA) is 47.8 Å². The van der Waals surface area contributed by atoms with Crippen LogP contribution in [-0.4, -0.2) is 20.8 Å². The average molecular weight is 221 g/mol. The van der Waals surface area contributed by atoms with Crippen LogP contribution in [0.25, 0.3) is 0 Å². The monoisotopic (exact) mass is 221 g/mol. The van der Waals surface area contributed by atoms with Crippen LogP contribution in [0.1, 0.15) is 44.2 Å². The fourth-order valence-electron chi connectivity index (χ4n) is 2.46. The Morgan fingerprint density at radius 2 is 2.19 bits per heavy atom. The molecule has 0 unspecified atom stereocenters. The molecule has 0 spiro atoms. The van der Waals surface area contributed by atoms with E-state index in [1.54, 1.807) is 4.68 Å². The number of aryl methyl sites for hydroxylation is 1. The van der Waals surface area contributed by atoms with Crippen LogP contribution in [0.5, 0.6) is 0 Å². The molecule has 0 saturated heterocycles. The first-order valence-corrected chi connectivity index (χ1v) is 6.11. The summed E-state index contributed by atoms with van der Waals surface area (Å²) in [5.74, 6) is 0.935. The van der Waals surface area contributed by atoms with Crippen LogP contribution >= 0.6 is 0 Å². The van der Waals surface area contributed by atoms with Crippen molar-refractivity contribution in [2.24, 2.45) is 13.0 Å². The summed E-state index contributed by atoms with van der Waals surface area (Å²) in [5.41, 5.74) is 0.795. The first kappa shape index (κ1) is 11.3. The standard InChI is InChI=1S/C12H19N3O/c1-15-9-11(13-14-15)8-12(16)7-10-5-3-2-4-6-10/h9-10H,2-8H2,1H3. The molecule has 1 aliphatic carbocycles. The lowest BCUT2D eigenvalue weighted by Gasteiger charge is -2.20. The second-order valence-corrected chi connectivity index (χ2v) is 4.81. The van der Waals surface area contributed by atoms with E-state index in [0.29, 0.717) is 18.1 Å². The highest BCUT2D eigenvalue weighted by molar-refractivity contribution is 5.80. The number of hydrogen-bond donors (Lipinski definition) is 0. The summed E-state index contributed by atoms with van der Waals surface area (Å²) >= 11 is 0. The third-order valence-corrected chi connectivity index (χ3v) is 3.27. The molecule has 0 aliphatic heterocycles. The van der Waals surface area contributed by atoms with Crippen molar-refractivity contribution in [2.75, 3.05) is 0 Å². The van der Waals surface area contributed by atoms with Crippen LogP contribution in [0.2, 0.25) is 0 Å². The van der Waals surface area contributed by atoms with Crippen molar-refractivity contribution in [1.82, 2.24) is 15.0 Å². The molecule has 1 fully saturated rings. The van der Waals surface area contributed by atoms with Gasteiger partial charge in [0.25, 0.3) is 0 Å². The normalized spacial score (nSPS) is 17.6. The lowest BCUT2D eigenvalue weighted by Crippen LogP contribution is -2.13. The molecule has 0 bridgehead atoms. The van der Waals surface area contributed by atoms with Gasteiger partial charge in [-0.05, 0) is 5.92 Å². The third kappa shape index (κ3) is 3.15. The van der Waals surface area contributed by atoms with Gasteiger partial charge in [-0.1, -0.05) is 37.3 Å².